The predicted molar refractivity (Wildman–Crippen MR) is 48.7 cm³/mol. The van der Waals surface area contributed by atoms with Gasteiger partial charge in [0.1, 0.15) is 0 Å². The standard InChI is InChI=1S/C10H13F2N/c1-3-13-10(11,12)9-6-4-5-8(2)7-9/h4-7,13H,3H2,1-2H3. The van der Waals surface area contributed by atoms with Gasteiger partial charge in [-0.05, 0) is 19.5 Å². The highest BCUT2D eigenvalue weighted by atomic mass is 19.3. The van der Waals surface area contributed by atoms with Gasteiger partial charge in [-0.1, -0.05) is 30.7 Å². The monoisotopic (exact) mass is 185 g/mol. The minimum Gasteiger partial charge on any atom is -0.254 e. The molecule has 1 aromatic carbocycles. The summed E-state index contributed by atoms with van der Waals surface area (Å²) in [5.41, 5.74) is 0.865. The summed E-state index contributed by atoms with van der Waals surface area (Å²) in [6.07, 6.45) is 0. The first-order valence-electron chi connectivity index (χ1n) is 4.26. The van der Waals surface area contributed by atoms with Crippen molar-refractivity contribution >= 4 is 0 Å². The number of nitrogens with one attached hydrogen (secondary N) is 1. The van der Waals surface area contributed by atoms with Gasteiger partial charge in [0.2, 0.25) is 0 Å². The van der Waals surface area contributed by atoms with Crippen LogP contribution in [0.15, 0.2) is 24.3 Å². The summed E-state index contributed by atoms with van der Waals surface area (Å²) in [7, 11) is 0. The van der Waals surface area contributed by atoms with Gasteiger partial charge in [-0.15, -0.1) is 0 Å². The molecule has 0 atom stereocenters. The molecule has 0 aliphatic rings. The van der Waals surface area contributed by atoms with Gasteiger partial charge in [-0.3, -0.25) is 5.32 Å². The molecule has 1 aromatic rings. The molecule has 1 rings (SSSR count). The third-order valence-corrected chi connectivity index (χ3v) is 1.78. The highest BCUT2D eigenvalue weighted by molar-refractivity contribution is 5.25. The smallest absolute Gasteiger partial charge is 0.254 e. The molecule has 0 heterocycles. The van der Waals surface area contributed by atoms with E-state index in [1.54, 1.807) is 26.0 Å². The fourth-order valence-corrected chi connectivity index (χ4v) is 1.16. The zero-order chi connectivity index (χ0) is 9.90. The molecule has 1 N–H and O–H groups in total. The molecule has 0 amide bonds. The molecule has 0 saturated carbocycles. The Morgan fingerprint density at radius 1 is 1.38 bits per heavy atom. The summed E-state index contributed by atoms with van der Waals surface area (Å²) in [4.78, 5) is 0. The molecule has 0 spiro atoms. The molecule has 0 radical (unpaired) electrons. The maximum Gasteiger partial charge on any atom is 0.329 e. The lowest BCUT2D eigenvalue weighted by Gasteiger charge is -2.17. The molecule has 72 valence electrons. The van der Waals surface area contributed by atoms with Crippen molar-refractivity contribution in [2.24, 2.45) is 0 Å². The van der Waals surface area contributed by atoms with Gasteiger partial charge in [0, 0.05) is 5.56 Å². The summed E-state index contributed by atoms with van der Waals surface area (Å²) in [5.74, 6) is 0. The second-order valence-electron chi connectivity index (χ2n) is 2.97. The fourth-order valence-electron chi connectivity index (χ4n) is 1.16. The highest BCUT2D eigenvalue weighted by Crippen LogP contribution is 2.24. The minimum atomic E-state index is -2.92. The van der Waals surface area contributed by atoms with Crippen LogP contribution in [0.1, 0.15) is 18.1 Å². The van der Waals surface area contributed by atoms with Crippen molar-refractivity contribution in [2.75, 3.05) is 6.54 Å². The van der Waals surface area contributed by atoms with Crippen molar-refractivity contribution < 1.29 is 8.78 Å². The normalized spacial score (nSPS) is 11.7. The van der Waals surface area contributed by atoms with E-state index in [0.717, 1.165) is 5.56 Å². The molecule has 1 nitrogen and oxygen atoms in total. The third-order valence-electron chi connectivity index (χ3n) is 1.78. The van der Waals surface area contributed by atoms with Crippen LogP contribution in [0.3, 0.4) is 0 Å². The van der Waals surface area contributed by atoms with Crippen LogP contribution in [-0.2, 0) is 6.05 Å². The molecule has 0 aliphatic carbocycles. The summed E-state index contributed by atoms with van der Waals surface area (Å²) in [6, 6.07) is 3.43. The van der Waals surface area contributed by atoms with Crippen LogP contribution < -0.4 is 5.32 Å². The van der Waals surface area contributed by atoms with Crippen LogP contribution in [0.5, 0.6) is 0 Å². The summed E-state index contributed by atoms with van der Waals surface area (Å²) in [5, 5.41) is 2.13. The van der Waals surface area contributed by atoms with Crippen molar-refractivity contribution in [3.05, 3.63) is 35.4 Å². The molecular formula is C10H13F2N. The molecule has 0 bridgehead atoms. The minimum absolute atomic E-state index is 0.0225. The van der Waals surface area contributed by atoms with Crippen LogP contribution >= 0.6 is 0 Å². The summed E-state index contributed by atoms with van der Waals surface area (Å²) < 4.78 is 26.5. The van der Waals surface area contributed by atoms with Crippen molar-refractivity contribution in [2.45, 2.75) is 19.9 Å². The number of hydrogen-bond acceptors (Lipinski definition) is 1. The van der Waals surface area contributed by atoms with Crippen molar-refractivity contribution in [1.29, 1.82) is 0 Å². The van der Waals surface area contributed by atoms with Crippen LogP contribution in [0, 0.1) is 6.92 Å². The molecule has 0 fully saturated rings. The molecule has 0 aromatic heterocycles. The quantitative estimate of drug-likeness (QED) is 0.714. The first-order valence-corrected chi connectivity index (χ1v) is 4.26. The Morgan fingerprint density at radius 2 is 2.08 bits per heavy atom. The number of aryl methyl sites for hydroxylation is 1. The van der Waals surface area contributed by atoms with Crippen molar-refractivity contribution in [3.8, 4) is 0 Å². The van der Waals surface area contributed by atoms with Gasteiger partial charge >= 0.3 is 6.05 Å². The Labute approximate surface area is 76.8 Å². The van der Waals surface area contributed by atoms with Gasteiger partial charge in [0.25, 0.3) is 0 Å². The van der Waals surface area contributed by atoms with Gasteiger partial charge in [0.15, 0.2) is 0 Å². The van der Waals surface area contributed by atoms with Crippen LogP contribution in [0.25, 0.3) is 0 Å². The van der Waals surface area contributed by atoms with Crippen LogP contribution in [-0.4, -0.2) is 6.54 Å². The maximum atomic E-state index is 13.2. The predicted octanol–water partition coefficient (Wildman–Crippen LogP) is 2.65. The van der Waals surface area contributed by atoms with E-state index in [-0.39, 0.29) is 12.1 Å². The van der Waals surface area contributed by atoms with E-state index >= 15 is 0 Å². The van der Waals surface area contributed by atoms with Gasteiger partial charge < -0.3 is 0 Å². The fraction of sp³-hybridized carbons (Fsp3) is 0.400. The SMILES string of the molecule is CCNC(F)(F)c1cccc(C)c1. The lowest BCUT2D eigenvalue weighted by Crippen LogP contribution is -2.33. The third kappa shape index (κ3) is 2.49. The first kappa shape index (κ1) is 10.1. The number of hydrogen-bond donors (Lipinski definition) is 1. The molecule has 13 heavy (non-hydrogen) atoms. The van der Waals surface area contributed by atoms with E-state index < -0.39 is 6.05 Å². The van der Waals surface area contributed by atoms with E-state index in [9.17, 15) is 8.78 Å². The molecule has 0 saturated heterocycles. The lowest BCUT2D eigenvalue weighted by atomic mass is 10.1. The lowest BCUT2D eigenvalue weighted by molar-refractivity contribution is -0.0394. The van der Waals surface area contributed by atoms with Gasteiger partial charge in [-0.25, -0.2) is 0 Å². The van der Waals surface area contributed by atoms with Crippen LogP contribution in [0.4, 0.5) is 8.78 Å². The number of alkyl halides is 2. The summed E-state index contributed by atoms with van der Waals surface area (Å²) >= 11 is 0. The van der Waals surface area contributed by atoms with Crippen molar-refractivity contribution in [1.82, 2.24) is 5.32 Å². The van der Waals surface area contributed by atoms with Gasteiger partial charge in [0.05, 0.1) is 0 Å². The maximum absolute atomic E-state index is 13.2. The number of benzene rings is 1. The molecular weight excluding hydrogens is 172 g/mol. The molecule has 3 heteroatoms. The Kier molecular flexibility index (Phi) is 2.98. The second-order valence-corrected chi connectivity index (χ2v) is 2.97. The second kappa shape index (κ2) is 3.83. The first-order chi connectivity index (χ1) is 6.06. The Hall–Kier alpha value is -0.960. The molecule has 0 aliphatic heterocycles. The topological polar surface area (TPSA) is 12.0 Å². The van der Waals surface area contributed by atoms with E-state index in [2.05, 4.69) is 5.32 Å². The van der Waals surface area contributed by atoms with Gasteiger partial charge in [-0.2, -0.15) is 8.78 Å². The molecule has 0 unspecified atom stereocenters. The average Bonchev–Trinajstić information content (AvgIpc) is 2.04. The summed E-state index contributed by atoms with van der Waals surface area (Å²) in [6.45, 7) is 3.70. The van der Waals surface area contributed by atoms with Crippen LogP contribution in [0.2, 0.25) is 0 Å². The van der Waals surface area contributed by atoms with E-state index in [1.807, 2.05) is 0 Å². The Morgan fingerprint density at radius 3 is 2.62 bits per heavy atom. The zero-order valence-electron chi connectivity index (χ0n) is 7.77. The van der Waals surface area contributed by atoms with E-state index in [4.69, 9.17) is 0 Å². The zero-order valence-corrected chi connectivity index (χ0v) is 7.77. The largest absolute Gasteiger partial charge is 0.329 e. The van der Waals surface area contributed by atoms with E-state index in [1.165, 1.54) is 12.1 Å². The average molecular weight is 185 g/mol. The number of halogens is 2. The Bertz CT molecular complexity index is 284. The number of rotatable bonds is 3. The Balaban J connectivity index is 2.93. The van der Waals surface area contributed by atoms with E-state index in [0.29, 0.717) is 0 Å². The van der Waals surface area contributed by atoms with Crippen molar-refractivity contribution in [3.63, 3.8) is 0 Å². The highest BCUT2D eigenvalue weighted by Gasteiger charge is 2.29.